The molecule has 3 N–H and O–H groups in total. The minimum Gasteiger partial charge on any atom is -0.449 e. The normalized spacial score (nSPS) is 24.6. The highest BCUT2D eigenvalue weighted by Crippen LogP contribution is 2.25. The van der Waals surface area contributed by atoms with E-state index in [0.29, 0.717) is 6.42 Å². The fourth-order valence-electron chi connectivity index (χ4n) is 1.91. The minimum atomic E-state index is -3.92. The molecule has 100 valence electrons. The summed E-state index contributed by atoms with van der Waals surface area (Å²) in [6.45, 7) is 1.62. The van der Waals surface area contributed by atoms with Crippen molar-refractivity contribution in [1.29, 1.82) is 0 Å². The molecule has 0 aliphatic heterocycles. The van der Waals surface area contributed by atoms with Crippen molar-refractivity contribution in [2.45, 2.75) is 32.2 Å². The van der Waals surface area contributed by atoms with Gasteiger partial charge < -0.3 is 9.84 Å². The molecule has 8 heteroatoms. The molecular formula is C9H18N2O5S. The molecule has 0 spiro atoms. The van der Waals surface area contributed by atoms with Gasteiger partial charge in [0.15, 0.2) is 0 Å². The van der Waals surface area contributed by atoms with Crippen LogP contribution in [0.3, 0.4) is 0 Å². The molecule has 2 unspecified atom stereocenters. The fourth-order valence-corrected chi connectivity index (χ4v) is 2.96. The maximum absolute atomic E-state index is 11.5. The lowest BCUT2D eigenvalue weighted by atomic mass is 10.1. The van der Waals surface area contributed by atoms with E-state index in [1.54, 1.807) is 11.6 Å². The van der Waals surface area contributed by atoms with Crippen molar-refractivity contribution < 1.29 is 23.1 Å². The lowest BCUT2D eigenvalue weighted by Gasteiger charge is -2.18. The van der Waals surface area contributed by atoms with Gasteiger partial charge in [-0.05, 0) is 25.7 Å². The van der Waals surface area contributed by atoms with Crippen LogP contribution >= 0.6 is 0 Å². The van der Waals surface area contributed by atoms with Crippen molar-refractivity contribution in [1.82, 2.24) is 9.44 Å². The van der Waals surface area contributed by atoms with Gasteiger partial charge in [0.2, 0.25) is 0 Å². The molecule has 0 saturated heterocycles. The summed E-state index contributed by atoms with van der Waals surface area (Å²) in [6, 6.07) is -0.327. The highest BCUT2D eigenvalue weighted by Gasteiger charge is 2.30. The first kappa shape index (κ1) is 14.2. The molecule has 1 saturated carbocycles. The van der Waals surface area contributed by atoms with Gasteiger partial charge >= 0.3 is 16.3 Å². The third-order valence-corrected chi connectivity index (χ3v) is 3.74. The summed E-state index contributed by atoms with van der Waals surface area (Å²) in [5.41, 5.74) is 0. The number of nitrogens with one attached hydrogen (secondary N) is 2. The zero-order valence-electron chi connectivity index (χ0n) is 9.68. The Morgan fingerprint density at radius 3 is 2.76 bits per heavy atom. The second kappa shape index (κ2) is 6.18. The predicted molar refractivity (Wildman–Crippen MR) is 60.4 cm³/mol. The number of carbonyl (C=O) groups excluding carboxylic acids is 1. The van der Waals surface area contributed by atoms with Gasteiger partial charge in [0.05, 0.1) is 6.61 Å². The smallest absolute Gasteiger partial charge is 0.421 e. The van der Waals surface area contributed by atoms with Gasteiger partial charge in [0.25, 0.3) is 0 Å². The van der Waals surface area contributed by atoms with Crippen LogP contribution < -0.4 is 9.44 Å². The summed E-state index contributed by atoms with van der Waals surface area (Å²) in [5, 5.41) is 9.05. The molecule has 0 bridgehead atoms. The lowest BCUT2D eigenvalue weighted by molar-refractivity contribution is 0.158. The number of ether oxygens (including phenoxy) is 1. The molecule has 2 atom stereocenters. The molecule has 0 radical (unpaired) electrons. The molecule has 1 amide bonds. The number of hydrogen-bond acceptors (Lipinski definition) is 5. The van der Waals surface area contributed by atoms with E-state index in [9.17, 15) is 13.2 Å². The van der Waals surface area contributed by atoms with E-state index in [0.717, 1.165) is 12.8 Å². The zero-order chi connectivity index (χ0) is 12.9. The van der Waals surface area contributed by atoms with E-state index in [1.807, 2.05) is 0 Å². The van der Waals surface area contributed by atoms with Crippen molar-refractivity contribution >= 4 is 16.3 Å². The standard InChI is InChI=1S/C9H18N2O5S/c1-2-16-9(13)11-17(14,15)10-8-5-3-4-7(8)6-12/h7-8,10,12H,2-6H2,1H3,(H,11,13). The highest BCUT2D eigenvalue weighted by molar-refractivity contribution is 7.88. The van der Waals surface area contributed by atoms with Gasteiger partial charge in [0.1, 0.15) is 0 Å². The van der Waals surface area contributed by atoms with Gasteiger partial charge in [-0.2, -0.15) is 13.1 Å². The van der Waals surface area contributed by atoms with Crippen LogP contribution in [0.15, 0.2) is 0 Å². The summed E-state index contributed by atoms with van der Waals surface area (Å²) < 4.78 is 31.6. The van der Waals surface area contributed by atoms with Crippen molar-refractivity contribution in [2.75, 3.05) is 13.2 Å². The number of amides is 1. The Morgan fingerprint density at radius 2 is 2.18 bits per heavy atom. The maximum Gasteiger partial charge on any atom is 0.421 e. The van der Waals surface area contributed by atoms with E-state index >= 15 is 0 Å². The Balaban J connectivity index is 2.51. The molecule has 0 aromatic rings. The van der Waals surface area contributed by atoms with Crippen LogP contribution in [-0.4, -0.2) is 38.9 Å². The first-order valence-corrected chi connectivity index (χ1v) is 7.04. The number of aliphatic hydroxyl groups is 1. The number of hydrogen-bond donors (Lipinski definition) is 3. The zero-order valence-corrected chi connectivity index (χ0v) is 10.5. The Hall–Kier alpha value is -0.860. The van der Waals surface area contributed by atoms with Crippen molar-refractivity contribution in [3.63, 3.8) is 0 Å². The monoisotopic (exact) mass is 266 g/mol. The average molecular weight is 266 g/mol. The van der Waals surface area contributed by atoms with Gasteiger partial charge in [0, 0.05) is 12.6 Å². The third-order valence-electron chi connectivity index (χ3n) is 2.69. The van der Waals surface area contributed by atoms with Crippen LogP contribution in [0.1, 0.15) is 26.2 Å². The van der Waals surface area contributed by atoms with Crippen LogP contribution in [0, 0.1) is 5.92 Å². The summed E-state index contributed by atoms with van der Waals surface area (Å²) in [7, 11) is -3.92. The van der Waals surface area contributed by atoms with Gasteiger partial charge in [-0.1, -0.05) is 6.42 Å². The summed E-state index contributed by atoms with van der Waals surface area (Å²) >= 11 is 0. The summed E-state index contributed by atoms with van der Waals surface area (Å²) in [6.07, 6.45) is 1.30. The largest absolute Gasteiger partial charge is 0.449 e. The van der Waals surface area contributed by atoms with Gasteiger partial charge in [-0.15, -0.1) is 0 Å². The second-order valence-electron chi connectivity index (χ2n) is 3.92. The summed E-state index contributed by atoms with van der Waals surface area (Å²) in [5.74, 6) is -0.0891. The number of rotatable bonds is 5. The van der Waals surface area contributed by atoms with E-state index in [4.69, 9.17) is 5.11 Å². The number of carbonyl (C=O) groups is 1. The number of aliphatic hydroxyl groups excluding tert-OH is 1. The molecule has 1 rings (SSSR count). The Labute approximate surface area is 101 Å². The molecule has 7 nitrogen and oxygen atoms in total. The van der Waals surface area contributed by atoms with E-state index in [-0.39, 0.29) is 25.2 Å². The molecular weight excluding hydrogens is 248 g/mol. The van der Waals surface area contributed by atoms with Crippen LogP contribution in [0.5, 0.6) is 0 Å². The highest BCUT2D eigenvalue weighted by atomic mass is 32.2. The molecule has 0 aromatic heterocycles. The van der Waals surface area contributed by atoms with Gasteiger partial charge in [-0.25, -0.2) is 9.52 Å². The Kier molecular flexibility index (Phi) is 5.16. The minimum absolute atomic E-state index is 0.0629. The Morgan fingerprint density at radius 1 is 1.47 bits per heavy atom. The lowest BCUT2D eigenvalue weighted by Crippen LogP contribution is -2.47. The van der Waals surface area contributed by atoms with Crippen LogP contribution in [0.2, 0.25) is 0 Å². The third kappa shape index (κ3) is 4.49. The average Bonchev–Trinajstić information content (AvgIpc) is 2.63. The molecule has 1 aliphatic carbocycles. The summed E-state index contributed by atoms with van der Waals surface area (Å²) in [4.78, 5) is 11.0. The molecule has 17 heavy (non-hydrogen) atoms. The SMILES string of the molecule is CCOC(=O)NS(=O)(=O)NC1CCCC1CO. The van der Waals surface area contributed by atoms with E-state index in [1.165, 1.54) is 0 Å². The van der Waals surface area contributed by atoms with Crippen LogP contribution in [0.4, 0.5) is 4.79 Å². The van der Waals surface area contributed by atoms with Crippen LogP contribution in [-0.2, 0) is 14.9 Å². The van der Waals surface area contributed by atoms with E-state index in [2.05, 4.69) is 9.46 Å². The van der Waals surface area contributed by atoms with Crippen molar-refractivity contribution in [3.8, 4) is 0 Å². The molecule has 1 fully saturated rings. The van der Waals surface area contributed by atoms with Crippen molar-refractivity contribution in [2.24, 2.45) is 5.92 Å². The fraction of sp³-hybridized carbons (Fsp3) is 0.889. The molecule has 0 aromatic carbocycles. The topological polar surface area (TPSA) is 105 Å². The van der Waals surface area contributed by atoms with Gasteiger partial charge in [-0.3, -0.25) is 0 Å². The molecule has 1 aliphatic rings. The van der Waals surface area contributed by atoms with E-state index < -0.39 is 16.3 Å². The molecule has 0 heterocycles. The first-order chi connectivity index (χ1) is 7.98. The van der Waals surface area contributed by atoms with Crippen LogP contribution in [0.25, 0.3) is 0 Å². The first-order valence-electron chi connectivity index (χ1n) is 5.56. The predicted octanol–water partition coefficient (Wildman–Crippen LogP) is -0.272. The second-order valence-corrected chi connectivity index (χ2v) is 5.37. The maximum atomic E-state index is 11.5. The van der Waals surface area contributed by atoms with Crippen molar-refractivity contribution in [3.05, 3.63) is 0 Å². The quantitative estimate of drug-likeness (QED) is 0.635. The Bertz CT molecular complexity index is 356.